The van der Waals surface area contributed by atoms with Crippen LogP contribution in [0, 0.1) is 10.1 Å². The number of benzene rings is 2. The molecule has 4 aromatic rings. The number of carbonyl (C=O) groups excluding carboxylic acids is 1. The molecule has 0 radical (unpaired) electrons. The van der Waals surface area contributed by atoms with Gasteiger partial charge < -0.3 is 5.32 Å². The summed E-state index contributed by atoms with van der Waals surface area (Å²) >= 11 is 6.18. The predicted molar refractivity (Wildman–Crippen MR) is 115 cm³/mol. The molecule has 31 heavy (non-hydrogen) atoms. The van der Waals surface area contributed by atoms with Gasteiger partial charge in [0.1, 0.15) is 12.4 Å². The molecule has 2 aromatic carbocycles. The van der Waals surface area contributed by atoms with Crippen LogP contribution in [-0.2, 0) is 13.1 Å². The van der Waals surface area contributed by atoms with Crippen LogP contribution in [0.25, 0.3) is 0 Å². The number of hydrogen-bond acceptors (Lipinski definition) is 5. The standard InChI is InChI=1S/C21H17ClN6O3/c22-20-4-2-1-3-17(20)12-27-13-18(9-23-27)25-21(29)16-7-5-15(6-8-16)11-26-14-19(10-24-26)28(30)31/h1-10,13-14H,11-12H2,(H,25,29). The summed E-state index contributed by atoms with van der Waals surface area (Å²) < 4.78 is 3.17. The molecule has 2 aromatic heterocycles. The molecule has 1 N–H and O–H groups in total. The summed E-state index contributed by atoms with van der Waals surface area (Å²) in [6.45, 7) is 0.861. The van der Waals surface area contributed by atoms with Crippen LogP contribution in [0.4, 0.5) is 11.4 Å². The van der Waals surface area contributed by atoms with Gasteiger partial charge in [-0.05, 0) is 29.3 Å². The van der Waals surface area contributed by atoms with Gasteiger partial charge in [0.2, 0.25) is 0 Å². The van der Waals surface area contributed by atoms with E-state index in [1.54, 1.807) is 41.3 Å². The van der Waals surface area contributed by atoms with Gasteiger partial charge in [0.25, 0.3) is 5.91 Å². The minimum atomic E-state index is -0.493. The Morgan fingerprint density at radius 1 is 1.00 bits per heavy atom. The number of nitrogens with one attached hydrogen (secondary N) is 1. The van der Waals surface area contributed by atoms with Crippen molar-refractivity contribution < 1.29 is 9.72 Å². The lowest BCUT2D eigenvalue weighted by atomic mass is 10.1. The molecule has 0 unspecified atom stereocenters. The zero-order valence-electron chi connectivity index (χ0n) is 16.2. The number of rotatable bonds is 7. The fourth-order valence-corrected chi connectivity index (χ4v) is 3.20. The molecule has 156 valence electrons. The van der Waals surface area contributed by atoms with Crippen molar-refractivity contribution in [1.29, 1.82) is 0 Å². The molecular weight excluding hydrogens is 420 g/mol. The van der Waals surface area contributed by atoms with Gasteiger partial charge in [-0.15, -0.1) is 0 Å². The zero-order valence-corrected chi connectivity index (χ0v) is 16.9. The third-order valence-electron chi connectivity index (χ3n) is 4.57. The summed E-state index contributed by atoms with van der Waals surface area (Å²) in [5, 5.41) is 22.4. The van der Waals surface area contributed by atoms with E-state index < -0.39 is 4.92 Å². The first-order valence-corrected chi connectivity index (χ1v) is 9.69. The van der Waals surface area contributed by atoms with Crippen LogP contribution in [0.5, 0.6) is 0 Å². The topological polar surface area (TPSA) is 108 Å². The Kier molecular flexibility index (Phi) is 5.76. The number of nitro groups is 1. The molecule has 0 atom stereocenters. The molecule has 0 fully saturated rings. The highest BCUT2D eigenvalue weighted by Gasteiger charge is 2.11. The Hall–Kier alpha value is -3.98. The minimum absolute atomic E-state index is 0.0638. The third-order valence-corrected chi connectivity index (χ3v) is 4.94. The number of anilines is 1. The fraction of sp³-hybridized carbons (Fsp3) is 0.0952. The summed E-state index contributed by atoms with van der Waals surface area (Å²) in [7, 11) is 0. The Morgan fingerprint density at radius 3 is 2.42 bits per heavy atom. The molecule has 0 aliphatic heterocycles. The quantitative estimate of drug-likeness (QED) is 0.348. The molecule has 0 bridgehead atoms. The first-order chi connectivity index (χ1) is 15.0. The number of nitrogens with zero attached hydrogens (tertiary/aromatic N) is 5. The second-order valence-electron chi connectivity index (χ2n) is 6.82. The van der Waals surface area contributed by atoms with Gasteiger partial charge in [0, 0.05) is 16.8 Å². The summed E-state index contributed by atoms with van der Waals surface area (Å²) in [6, 6.07) is 14.5. The molecule has 0 aliphatic carbocycles. The van der Waals surface area contributed by atoms with Crippen LogP contribution in [0.3, 0.4) is 0 Å². The lowest BCUT2D eigenvalue weighted by Gasteiger charge is -2.05. The highest BCUT2D eigenvalue weighted by Crippen LogP contribution is 2.17. The van der Waals surface area contributed by atoms with Crippen molar-refractivity contribution in [1.82, 2.24) is 19.6 Å². The molecular formula is C21H17ClN6O3. The van der Waals surface area contributed by atoms with Crippen molar-refractivity contribution in [2.45, 2.75) is 13.1 Å². The molecule has 1 amide bonds. The molecule has 9 nitrogen and oxygen atoms in total. The number of carbonyl (C=O) groups is 1. The van der Waals surface area contributed by atoms with Crippen LogP contribution in [-0.4, -0.2) is 30.4 Å². The summed E-state index contributed by atoms with van der Waals surface area (Å²) in [4.78, 5) is 22.8. The minimum Gasteiger partial charge on any atom is -0.319 e. The molecule has 0 spiro atoms. The highest BCUT2D eigenvalue weighted by atomic mass is 35.5. The molecule has 0 aliphatic rings. The molecule has 0 saturated carbocycles. The normalized spacial score (nSPS) is 10.7. The first-order valence-electron chi connectivity index (χ1n) is 9.31. The van der Waals surface area contributed by atoms with Crippen LogP contribution in [0.1, 0.15) is 21.5 Å². The number of hydrogen-bond donors (Lipinski definition) is 1. The molecule has 10 heteroatoms. The van der Waals surface area contributed by atoms with Gasteiger partial charge in [0.15, 0.2) is 0 Å². The Labute approximate surface area is 182 Å². The maximum absolute atomic E-state index is 12.5. The van der Waals surface area contributed by atoms with Gasteiger partial charge in [-0.25, -0.2) is 0 Å². The van der Waals surface area contributed by atoms with Crippen LogP contribution < -0.4 is 5.32 Å². The van der Waals surface area contributed by atoms with Crippen molar-refractivity contribution >= 4 is 28.9 Å². The van der Waals surface area contributed by atoms with E-state index in [9.17, 15) is 14.9 Å². The maximum Gasteiger partial charge on any atom is 0.307 e. The van der Waals surface area contributed by atoms with Gasteiger partial charge in [0.05, 0.1) is 29.9 Å². The molecule has 0 saturated heterocycles. The van der Waals surface area contributed by atoms with Crippen LogP contribution in [0.15, 0.2) is 73.3 Å². The average Bonchev–Trinajstić information content (AvgIpc) is 3.40. The van der Waals surface area contributed by atoms with E-state index >= 15 is 0 Å². The van der Waals surface area contributed by atoms with Crippen molar-refractivity contribution in [2.24, 2.45) is 0 Å². The summed E-state index contributed by atoms with van der Waals surface area (Å²) in [5.41, 5.74) is 2.79. The molecule has 2 heterocycles. The SMILES string of the molecule is O=C(Nc1cnn(Cc2ccccc2Cl)c1)c1ccc(Cn2cc([N+](=O)[O-])cn2)cc1. The van der Waals surface area contributed by atoms with E-state index in [0.29, 0.717) is 29.4 Å². The fourth-order valence-electron chi connectivity index (χ4n) is 3.00. The summed E-state index contributed by atoms with van der Waals surface area (Å²) in [6.07, 6.45) is 5.88. The van der Waals surface area contributed by atoms with E-state index in [1.807, 2.05) is 24.3 Å². The Morgan fingerprint density at radius 2 is 1.71 bits per heavy atom. The second-order valence-corrected chi connectivity index (χ2v) is 7.23. The zero-order chi connectivity index (χ0) is 21.8. The number of halogens is 1. The van der Waals surface area contributed by atoms with E-state index in [0.717, 1.165) is 11.1 Å². The van der Waals surface area contributed by atoms with Crippen molar-refractivity contribution in [3.05, 3.63) is 105 Å². The smallest absolute Gasteiger partial charge is 0.307 e. The largest absolute Gasteiger partial charge is 0.319 e. The van der Waals surface area contributed by atoms with Gasteiger partial charge in [-0.2, -0.15) is 10.2 Å². The van der Waals surface area contributed by atoms with Crippen molar-refractivity contribution in [3.63, 3.8) is 0 Å². The number of aromatic nitrogens is 4. The van der Waals surface area contributed by atoms with Crippen LogP contribution in [0.2, 0.25) is 5.02 Å². The van der Waals surface area contributed by atoms with Crippen molar-refractivity contribution in [3.8, 4) is 0 Å². The van der Waals surface area contributed by atoms with E-state index in [4.69, 9.17) is 11.6 Å². The van der Waals surface area contributed by atoms with Gasteiger partial charge in [-0.1, -0.05) is 41.9 Å². The third kappa shape index (κ3) is 4.96. The number of amides is 1. The summed E-state index contributed by atoms with van der Waals surface area (Å²) in [5.74, 6) is -0.265. The first kappa shape index (κ1) is 20.3. The van der Waals surface area contributed by atoms with E-state index in [1.165, 1.54) is 17.1 Å². The second kappa shape index (κ2) is 8.80. The van der Waals surface area contributed by atoms with Crippen LogP contribution >= 0.6 is 11.6 Å². The van der Waals surface area contributed by atoms with Crippen molar-refractivity contribution in [2.75, 3.05) is 5.32 Å². The predicted octanol–water partition coefficient (Wildman–Crippen LogP) is 3.99. The molecule has 4 rings (SSSR count). The van der Waals surface area contributed by atoms with E-state index in [-0.39, 0.29) is 11.6 Å². The van der Waals surface area contributed by atoms with Gasteiger partial charge >= 0.3 is 5.69 Å². The Balaban J connectivity index is 1.37. The maximum atomic E-state index is 12.5. The van der Waals surface area contributed by atoms with Gasteiger partial charge in [-0.3, -0.25) is 24.3 Å². The lowest BCUT2D eigenvalue weighted by Crippen LogP contribution is -2.11. The average molecular weight is 437 g/mol. The Bertz CT molecular complexity index is 1230. The monoisotopic (exact) mass is 436 g/mol. The highest BCUT2D eigenvalue weighted by molar-refractivity contribution is 6.31. The van der Waals surface area contributed by atoms with E-state index in [2.05, 4.69) is 15.5 Å². The lowest BCUT2D eigenvalue weighted by molar-refractivity contribution is -0.385.